The van der Waals surface area contributed by atoms with Gasteiger partial charge in [0.25, 0.3) is 5.91 Å². The Morgan fingerprint density at radius 2 is 2.05 bits per heavy atom. The SMILES string of the molecule is Cc1cccc(C(=O)Nc2cnccc2N(C)C)c1Br. The Labute approximate surface area is 127 Å². The van der Waals surface area contributed by atoms with Gasteiger partial charge in [0.15, 0.2) is 0 Å². The molecule has 20 heavy (non-hydrogen) atoms. The standard InChI is InChI=1S/C15H16BrN3O/c1-10-5-4-6-11(14(10)16)15(20)18-12-9-17-8-7-13(12)19(2)3/h4-9H,1-3H3,(H,18,20). The minimum Gasteiger partial charge on any atom is -0.376 e. The van der Waals surface area contributed by atoms with E-state index >= 15 is 0 Å². The number of amides is 1. The van der Waals surface area contributed by atoms with E-state index < -0.39 is 0 Å². The van der Waals surface area contributed by atoms with Crippen LogP contribution in [-0.4, -0.2) is 25.0 Å². The predicted molar refractivity (Wildman–Crippen MR) is 85.4 cm³/mol. The first-order valence-electron chi connectivity index (χ1n) is 6.18. The summed E-state index contributed by atoms with van der Waals surface area (Å²) in [5.74, 6) is -0.156. The normalized spacial score (nSPS) is 10.2. The van der Waals surface area contributed by atoms with Gasteiger partial charge >= 0.3 is 0 Å². The Balaban J connectivity index is 2.31. The summed E-state index contributed by atoms with van der Waals surface area (Å²) in [6.45, 7) is 1.95. The first kappa shape index (κ1) is 14.5. The van der Waals surface area contributed by atoms with Gasteiger partial charge in [-0.05, 0) is 40.5 Å². The van der Waals surface area contributed by atoms with Crippen molar-refractivity contribution < 1.29 is 4.79 Å². The molecule has 1 aromatic heterocycles. The van der Waals surface area contributed by atoms with Crippen LogP contribution in [-0.2, 0) is 0 Å². The van der Waals surface area contributed by atoms with Gasteiger partial charge in [-0.3, -0.25) is 9.78 Å². The second-order valence-corrected chi connectivity index (χ2v) is 5.47. The number of carbonyl (C=O) groups excluding carboxylic acids is 1. The lowest BCUT2D eigenvalue weighted by molar-refractivity contribution is 0.102. The van der Waals surface area contributed by atoms with E-state index in [-0.39, 0.29) is 5.91 Å². The summed E-state index contributed by atoms with van der Waals surface area (Å²) in [7, 11) is 3.85. The zero-order valence-electron chi connectivity index (χ0n) is 11.6. The van der Waals surface area contributed by atoms with Gasteiger partial charge in [-0.25, -0.2) is 0 Å². The lowest BCUT2D eigenvalue weighted by Crippen LogP contribution is -2.17. The Bertz CT molecular complexity index is 641. The molecule has 1 N–H and O–H groups in total. The van der Waals surface area contributed by atoms with Gasteiger partial charge in [-0.1, -0.05) is 12.1 Å². The van der Waals surface area contributed by atoms with Gasteiger partial charge in [0.1, 0.15) is 0 Å². The van der Waals surface area contributed by atoms with Gasteiger partial charge in [-0.2, -0.15) is 0 Å². The van der Waals surface area contributed by atoms with Crippen LogP contribution in [0, 0.1) is 6.92 Å². The van der Waals surface area contributed by atoms with Crippen LogP contribution < -0.4 is 10.2 Å². The Morgan fingerprint density at radius 3 is 2.75 bits per heavy atom. The van der Waals surface area contributed by atoms with Crippen LogP contribution in [0.5, 0.6) is 0 Å². The van der Waals surface area contributed by atoms with Crippen LogP contribution in [0.4, 0.5) is 11.4 Å². The maximum atomic E-state index is 12.4. The summed E-state index contributed by atoms with van der Waals surface area (Å²) in [4.78, 5) is 18.4. The van der Waals surface area contributed by atoms with Crippen LogP contribution in [0.15, 0.2) is 41.1 Å². The van der Waals surface area contributed by atoms with Crippen molar-refractivity contribution in [1.82, 2.24) is 4.98 Å². The van der Waals surface area contributed by atoms with E-state index in [9.17, 15) is 4.79 Å². The van der Waals surface area contributed by atoms with Crippen molar-refractivity contribution in [2.75, 3.05) is 24.3 Å². The van der Waals surface area contributed by atoms with Gasteiger partial charge in [0.05, 0.1) is 23.1 Å². The van der Waals surface area contributed by atoms with Crippen molar-refractivity contribution in [1.29, 1.82) is 0 Å². The largest absolute Gasteiger partial charge is 0.376 e. The molecule has 1 heterocycles. The van der Waals surface area contributed by atoms with Crippen LogP contribution in [0.3, 0.4) is 0 Å². The first-order valence-corrected chi connectivity index (χ1v) is 6.98. The van der Waals surface area contributed by atoms with E-state index in [4.69, 9.17) is 0 Å². The number of nitrogens with one attached hydrogen (secondary N) is 1. The smallest absolute Gasteiger partial charge is 0.256 e. The second kappa shape index (κ2) is 6.05. The van der Waals surface area contributed by atoms with Gasteiger partial charge in [-0.15, -0.1) is 0 Å². The van der Waals surface area contributed by atoms with Gasteiger partial charge in [0.2, 0.25) is 0 Å². The topological polar surface area (TPSA) is 45.2 Å². The first-order chi connectivity index (χ1) is 9.50. The summed E-state index contributed by atoms with van der Waals surface area (Å²) >= 11 is 3.45. The summed E-state index contributed by atoms with van der Waals surface area (Å²) in [5.41, 5.74) is 3.24. The molecule has 1 aromatic carbocycles. The molecule has 0 saturated carbocycles. The number of pyridine rings is 1. The van der Waals surface area contributed by atoms with Crippen molar-refractivity contribution in [3.63, 3.8) is 0 Å². The van der Waals surface area contributed by atoms with E-state index in [1.165, 1.54) is 0 Å². The fourth-order valence-corrected chi connectivity index (χ4v) is 2.33. The molecular weight excluding hydrogens is 318 g/mol. The summed E-state index contributed by atoms with van der Waals surface area (Å²) in [5, 5.41) is 2.90. The minimum absolute atomic E-state index is 0.156. The average Bonchev–Trinajstić information content (AvgIpc) is 2.42. The number of aromatic nitrogens is 1. The van der Waals surface area contributed by atoms with E-state index in [1.54, 1.807) is 18.5 Å². The van der Waals surface area contributed by atoms with E-state index in [0.29, 0.717) is 11.3 Å². The lowest BCUT2D eigenvalue weighted by Gasteiger charge is -2.17. The molecule has 2 rings (SSSR count). The Morgan fingerprint density at radius 1 is 1.30 bits per heavy atom. The molecule has 0 unspecified atom stereocenters. The van der Waals surface area contributed by atoms with Crippen molar-refractivity contribution in [3.05, 3.63) is 52.3 Å². The van der Waals surface area contributed by atoms with E-state index in [1.807, 2.05) is 44.1 Å². The summed E-state index contributed by atoms with van der Waals surface area (Å²) in [6.07, 6.45) is 3.35. The molecule has 0 bridgehead atoms. The van der Waals surface area contributed by atoms with Crippen LogP contribution in [0.1, 0.15) is 15.9 Å². The third-order valence-corrected chi connectivity index (χ3v) is 4.02. The molecule has 0 fully saturated rings. The molecule has 0 atom stereocenters. The van der Waals surface area contributed by atoms with Gasteiger partial charge < -0.3 is 10.2 Å². The van der Waals surface area contributed by atoms with Crippen LogP contribution in [0.25, 0.3) is 0 Å². The van der Waals surface area contributed by atoms with Crippen molar-refractivity contribution in [2.24, 2.45) is 0 Å². The fourth-order valence-electron chi connectivity index (χ4n) is 1.89. The number of aryl methyl sites for hydroxylation is 1. The molecule has 0 aliphatic carbocycles. The number of benzene rings is 1. The van der Waals surface area contributed by atoms with Crippen molar-refractivity contribution in [3.8, 4) is 0 Å². The molecule has 0 radical (unpaired) electrons. The summed E-state index contributed by atoms with van der Waals surface area (Å²) in [6, 6.07) is 7.47. The zero-order valence-corrected chi connectivity index (χ0v) is 13.2. The van der Waals surface area contributed by atoms with E-state index in [0.717, 1.165) is 15.7 Å². The maximum Gasteiger partial charge on any atom is 0.256 e. The third-order valence-electron chi connectivity index (χ3n) is 2.96. The highest BCUT2D eigenvalue weighted by Crippen LogP contribution is 2.25. The number of rotatable bonds is 3. The maximum absolute atomic E-state index is 12.4. The fraction of sp³-hybridized carbons (Fsp3) is 0.200. The number of anilines is 2. The molecular formula is C15H16BrN3O. The highest BCUT2D eigenvalue weighted by Gasteiger charge is 2.13. The Kier molecular flexibility index (Phi) is 4.39. The van der Waals surface area contributed by atoms with Crippen molar-refractivity contribution >= 4 is 33.2 Å². The zero-order chi connectivity index (χ0) is 14.7. The molecule has 4 nitrogen and oxygen atoms in total. The van der Waals surface area contributed by atoms with Gasteiger partial charge in [0, 0.05) is 24.8 Å². The number of nitrogens with zero attached hydrogens (tertiary/aromatic N) is 2. The number of carbonyl (C=O) groups is 1. The minimum atomic E-state index is -0.156. The molecule has 0 aliphatic heterocycles. The molecule has 2 aromatic rings. The average molecular weight is 334 g/mol. The number of hydrogen-bond acceptors (Lipinski definition) is 3. The summed E-state index contributed by atoms with van der Waals surface area (Å²) < 4.78 is 0.813. The molecule has 104 valence electrons. The molecule has 1 amide bonds. The number of halogens is 1. The van der Waals surface area contributed by atoms with E-state index in [2.05, 4.69) is 26.2 Å². The highest BCUT2D eigenvalue weighted by atomic mass is 79.9. The quantitative estimate of drug-likeness (QED) is 0.935. The third kappa shape index (κ3) is 2.99. The lowest BCUT2D eigenvalue weighted by atomic mass is 10.1. The van der Waals surface area contributed by atoms with Crippen molar-refractivity contribution in [2.45, 2.75) is 6.92 Å². The Hall–Kier alpha value is -1.88. The molecule has 5 heteroatoms. The molecule has 0 aliphatic rings. The highest BCUT2D eigenvalue weighted by molar-refractivity contribution is 9.10. The van der Waals surface area contributed by atoms with Crippen LogP contribution >= 0.6 is 15.9 Å². The monoisotopic (exact) mass is 333 g/mol. The molecule has 0 saturated heterocycles. The second-order valence-electron chi connectivity index (χ2n) is 4.68. The number of hydrogen-bond donors (Lipinski definition) is 1. The predicted octanol–water partition coefficient (Wildman–Crippen LogP) is 3.47. The molecule has 0 spiro atoms. The van der Waals surface area contributed by atoms with Crippen LogP contribution in [0.2, 0.25) is 0 Å².